The largest absolute Gasteiger partial charge is 0.491 e. The lowest BCUT2D eigenvalue weighted by molar-refractivity contribution is -0.00876. The predicted octanol–water partition coefficient (Wildman–Crippen LogP) is 2.58. The van der Waals surface area contributed by atoms with Gasteiger partial charge in [0.05, 0.1) is 36.2 Å². The van der Waals surface area contributed by atoms with Gasteiger partial charge in [0.15, 0.2) is 0 Å². The minimum absolute atomic E-state index is 0.422. The van der Waals surface area contributed by atoms with E-state index in [9.17, 15) is 10.4 Å². The summed E-state index contributed by atoms with van der Waals surface area (Å²) < 4.78 is 13.1. The van der Waals surface area contributed by atoms with Crippen molar-refractivity contribution in [2.45, 2.75) is 37.1 Å². The van der Waals surface area contributed by atoms with Crippen LogP contribution in [0.3, 0.4) is 0 Å². The van der Waals surface area contributed by atoms with Crippen molar-refractivity contribution >= 4 is 11.3 Å². The van der Waals surface area contributed by atoms with Gasteiger partial charge in [-0.1, -0.05) is 6.07 Å². The molecule has 0 aromatic carbocycles. The highest BCUT2D eigenvalue weighted by Gasteiger charge is 2.58. The second-order valence-corrected chi connectivity index (χ2v) is 12.4. The normalized spacial score (nSPS) is 26.2. The Balaban J connectivity index is 0.958. The third-order valence-electron chi connectivity index (χ3n) is 9.66. The number of piperidine rings is 2. The van der Waals surface area contributed by atoms with E-state index in [1.165, 1.54) is 12.0 Å². The molecule has 0 spiro atoms. The lowest BCUT2D eigenvalue weighted by Gasteiger charge is -2.56. The molecule has 0 amide bonds. The van der Waals surface area contributed by atoms with Gasteiger partial charge in [-0.05, 0) is 36.6 Å². The first-order chi connectivity index (χ1) is 21.0. The molecule has 4 unspecified atom stereocenters. The summed E-state index contributed by atoms with van der Waals surface area (Å²) >= 11 is 0. The molecule has 43 heavy (non-hydrogen) atoms. The number of rotatable bonds is 9. The van der Waals surface area contributed by atoms with E-state index in [-0.39, 0.29) is 0 Å². The summed E-state index contributed by atoms with van der Waals surface area (Å²) in [5, 5.41) is 24.5. The van der Waals surface area contributed by atoms with Crippen LogP contribution in [0, 0.1) is 17.2 Å². The fourth-order valence-electron chi connectivity index (χ4n) is 7.20. The lowest BCUT2D eigenvalue weighted by atomic mass is 9.87. The predicted molar refractivity (Wildman–Crippen MR) is 159 cm³/mol. The van der Waals surface area contributed by atoms with Crippen LogP contribution in [-0.4, -0.2) is 98.6 Å². The number of ether oxygens (including phenoxy) is 2. The first-order valence-corrected chi connectivity index (χ1v) is 14.9. The second kappa shape index (κ2) is 10.2. The average Bonchev–Trinajstić information content (AvgIpc) is 3.33. The summed E-state index contributed by atoms with van der Waals surface area (Å²) in [4.78, 5) is 16.4. The fourth-order valence-corrected chi connectivity index (χ4v) is 7.20. The van der Waals surface area contributed by atoms with Crippen molar-refractivity contribution in [1.29, 1.82) is 5.26 Å². The second-order valence-electron chi connectivity index (χ2n) is 12.4. The van der Waals surface area contributed by atoms with Gasteiger partial charge in [0.1, 0.15) is 24.2 Å². The number of aliphatic hydroxyl groups is 1. The van der Waals surface area contributed by atoms with Gasteiger partial charge in [-0.25, -0.2) is 14.5 Å². The molecule has 4 aromatic heterocycles. The van der Waals surface area contributed by atoms with Crippen molar-refractivity contribution in [2.24, 2.45) is 5.92 Å². The molecule has 1 aliphatic carbocycles. The SMILES string of the molecule is COc1ccc(CN2C3CC2CN(c2ccc(-c4cc(OCCN5CC6CC6(O)C5)cn5ncc(C#N)c45)cn2)C3)cn1. The summed E-state index contributed by atoms with van der Waals surface area (Å²) in [7, 11) is 1.64. The number of likely N-dealkylation sites (tertiary alicyclic amines) is 1. The highest BCUT2D eigenvalue weighted by molar-refractivity contribution is 5.85. The number of anilines is 1. The Morgan fingerprint density at radius 1 is 1.09 bits per heavy atom. The number of pyridine rings is 3. The van der Waals surface area contributed by atoms with Crippen molar-refractivity contribution in [3.05, 3.63) is 66.2 Å². The van der Waals surface area contributed by atoms with Crippen molar-refractivity contribution < 1.29 is 14.6 Å². The number of piperazine rings is 1. The van der Waals surface area contributed by atoms with E-state index in [2.05, 4.69) is 49.1 Å². The molecule has 11 nitrogen and oxygen atoms in total. The smallest absolute Gasteiger partial charge is 0.212 e. The van der Waals surface area contributed by atoms with Gasteiger partial charge in [0, 0.05) is 86.9 Å². The van der Waals surface area contributed by atoms with Gasteiger partial charge in [-0.2, -0.15) is 10.4 Å². The standard InChI is InChI=1S/C32H34N8O3/c1-42-30-5-2-21(12-35-30)15-39-25-8-26(39)18-38(17-25)29-4-3-22(13-34-29)28-9-27(19-40-31(28)23(11-33)14-36-40)43-7-6-37-16-24-10-32(24,41)20-37/h2-5,9,12-14,19,24-26,41H,6-8,10,15-18,20H2,1H3. The number of nitriles is 1. The minimum atomic E-state index is -0.461. The van der Waals surface area contributed by atoms with Crippen LogP contribution in [0.25, 0.3) is 16.6 Å². The quantitative estimate of drug-likeness (QED) is 0.318. The van der Waals surface area contributed by atoms with Gasteiger partial charge in [0.2, 0.25) is 5.88 Å². The van der Waals surface area contributed by atoms with Crippen molar-refractivity contribution in [3.8, 4) is 28.8 Å². The van der Waals surface area contributed by atoms with Crippen LogP contribution in [0.2, 0.25) is 0 Å². The molecular weight excluding hydrogens is 544 g/mol. The summed E-state index contributed by atoms with van der Waals surface area (Å²) in [6, 6.07) is 13.4. The third kappa shape index (κ3) is 4.76. The molecule has 9 rings (SSSR count). The van der Waals surface area contributed by atoms with E-state index < -0.39 is 5.60 Å². The topological polar surface area (TPSA) is 115 Å². The molecule has 4 saturated heterocycles. The van der Waals surface area contributed by atoms with E-state index in [1.807, 2.05) is 30.7 Å². The third-order valence-corrected chi connectivity index (χ3v) is 9.66. The Morgan fingerprint density at radius 3 is 2.67 bits per heavy atom. The zero-order chi connectivity index (χ0) is 29.1. The molecule has 2 bridgehead atoms. The molecule has 11 heteroatoms. The zero-order valence-electron chi connectivity index (χ0n) is 24.1. The monoisotopic (exact) mass is 578 g/mol. The highest BCUT2D eigenvalue weighted by atomic mass is 16.5. The maximum absolute atomic E-state index is 10.3. The van der Waals surface area contributed by atoms with Crippen LogP contribution >= 0.6 is 0 Å². The number of nitrogens with zero attached hydrogens (tertiary/aromatic N) is 8. The number of aromatic nitrogens is 4. The van der Waals surface area contributed by atoms with Gasteiger partial charge >= 0.3 is 0 Å². The molecule has 5 aliphatic rings. The van der Waals surface area contributed by atoms with Gasteiger partial charge < -0.3 is 19.5 Å². The molecule has 4 aromatic rings. The molecule has 220 valence electrons. The summed E-state index contributed by atoms with van der Waals surface area (Å²) in [6.45, 7) is 5.72. The number of hydrogen-bond acceptors (Lipinski definition) is 10. The molecule has 0 radical (unpaired) electrons. The summed E-state index contributed by atoms with van der Waals surface area (Å²) in [6.07, 6.45) is 9.35. The Morgan fingerprint density at radius 2 is 1.98 bits per heavy atom. The van der Waals surface area contributed by atoms with E-state index in [0.29, 0.717) is 41.8 Å². The number of methoxy groups -OCH3 is 1. The number of fused-ring (bicyclic) bond motifs is 4. The highest BCUT2D eigenvalue weighted by Crippen LogP contribution is 2.49. The minimum Gasteiger partial charge on any atom is -0.491 e. The lowest BCUT2D eigenvalue weighted by Crippen LogP contribution is -2.68. The molecule has 4 aliphatic heterocycles. The Bertz CT molecular complexity index is 1690. The van der Waals surface area contributed by atoms with Gasteiger partial charge in [-0.3, -0.25) is 9.80 Å². The van der Waals surface area contributed by atoms with Crippen molar-refractivity contribution in [3.63, 3.8) is 0 Å². The molecule has 4 atom stereocenters. The number of β-amino-alcohol motifs (C(OH)–C–C–N with tert-alkyl or cyclic N) is 1. The first-order valence-electron chi connectivity index (χ1n) is 14.9. The van der Waals surface area contributed by atoms with Crippen LogP contribution in [0.1, 0.15) is 24.0 Å². The first kappa shape index (κ1) is 26.4. The van der Waals surface area contributed by atoms with Crippen LogP contribution in [-0.2, 0) is 6.54 Å². The van der Waals surface area contributed by atoms with E-state index >= 15 is 0 Å². The fraction of sp³-hybridized carbons (Fsp3) is 0.438. The molecule has 1 saturated carbocycles. The molecule has 5 fully saturated rings. The summed E-state index contributed by atoms with van der Waals surface area (Å²) in [5.41, 5.74) is 3.77. The Kier molecular flexibility index (Phi) is 6.25. The van der Waals surface area contributed by atoms with E-state index in [0.717, 1.165) is 68.2 Å². The van der Waals surface area contributed by atoms with Crippen LogP contribution in [0.15, 0.2) is 55.1 Å². The van der Waals surface area contributed by atoms with Gasteiger partial charge in [0.25, 0.3) is 0 Å². The Hall–Kier alpha value is -4.24. The molecule has 8 heterocycles. The molecular formula is C32H34N8O3. The van der Waals surface area contributed by atoms with Crippen molar-refractivity contribution in [2.75, 3.05) is 51.3 Å². The van der Waals surface area contributed by atoms with Crippen LogP contribution < -0.4 is 14.4 Å². The van der Waals surface area contributed by atoms with Crippen LogP contribution in [0.4, 0.5) is 5.82 Å². The van der Waals surface area contributed by atoms with E-state index in [4.69, 9.17) is 14.5 Å². The Labute approximate surface area is 249 Å². The zero-order valence-corrected chi connectivity index (χ0v) is 24.1. The van der Waals surface area contributed by atoms with E-state index in [1.54, 1.807) is 17.8 Å². The van der Waals surface area contributed by atoms with Gasteiger partial charge in [-0.15, -0.1) is 0 Å². The molecule has 1 N–H and O–H groups in total. The van der Waals surface area contributed by atoms with Crippen molar-refractivity contribution in [1.82, 2.24) is 29.4 Å². The average molecular weight is 579 g/mol. The number of hydrogen-bond donors (Lipinski definition) is 1. The summed E-state index contributed by atoms with van der Waals surface area (Å²) in [5.74, 6) is 2.71. The van der Waals surface area contributed by atoms with Crippen LogP contribution in [0.5, 0.6) is 11.6 Å². The maximum atomic E-state index is 10.3. The maximum Gasteiger partial charge on any atom is 0.212 e.